The summed E-state index contributed by atoms with van der Waals surface area (Å²) in [4.78, 5) is 49.4. The number of esters is 1. The largest absolute Gasteiger partial charge is 0.454 e. The maximum absolute atomic E-state index is 12.5. The van der Waals surface area contributed by atoms with Gasteiger partial charge in [0.25, 0.3) is 11.8 Å². The minimum absolute atomic E-state index is 0.428. The average Bonchev–Trinajstić information content (AvgIpc) is 2.96. The third-order valence-corrected chi connectivity index (χ3v) is 5.48. The van der Waals surface area contributed by atoms with Crippen LogP contribution in [-0.2, 0) is 19.1 Å². The topological polar surface area (TPSA) is 105 Å². The van der Waals surface area contributed by atoms with Gasteiger partial charge in [0.05, 0.1) is 0 Å². The predicted octanol–water partition coefficient (Wildman–Crippen LogP) is 2.79. The minimum Gasteiger partial charge on any atom is -0.454 e. The van der Waals surface area contributed by atoms with Crippen LogP contribution in [0.15, 0.2) is 24.3 Å². The zero-order valence-electron chi connectivity index (χ0n) is 17.4. The summed E-state index contributed by atoms with van der Waals surface area (Å²) in [7, 11) is 0. The van der Waals surface area contributed by atoms with Gasteiger partial charge in [-0.1, -0.05) is 39.8 Å². The van der Waals surface area contributed by atoms with Crippen LogP contribution in [0.5, 0.6) is 0 Å². The summed E-state index contributed by atoms with van der Waals surface area (Å²) < 4.78 is 4.92. The van der Waals surface area contributed by atoms with Gasteiger partial charge in [0.2, 0.25) is 0 Å². The van der Waals surface area contributed by atoms with Gasteiger partial charge in [-0.05, 0) is 42.9 Å². The number of imide groups is 1. The Morgan fingerprint density at radius 3 is 2.28 bits per heavy atom. The van der Waals surface area contributed by atoms with E-state index in [0.717, 1.165) is 11.3 Å². The monoisotopic (exact) mass is 403 g/mol. The molecule has 0 spiro atoms. The van der Waals surface area contributed by atoms with E-state index in [0.29, 0.717) is 24.4 Å². The fourth-order valence-corrected chi connectivity index (χ4v) is 3.20. The number of hydrogen-bond donors (Lipinski definition) is 2. The molecule has 1 fully saturated rings. The van der Waals surface area contributed by atoms with Gasteiger partial charge in [-0.3, -0.25) is 19.3 Å². The van der Waals surface area contributed by atoms with Crippen molar-refractivity contribution in [3.63, 3.8) is 0 Å². The van der Waals surface area contributed by atoms with Crippen molar-refractivity contribution in [2.75, 3.05) is 18.5 Å². The number of amides is 4. The van der Waals surface area contributed by atoms with Crippen molar-refractivity contribution in [1.82, 2.24) is 10.2 Å². The highest BCUT2D eigenvalue weighted by Crippen LogP contribution is 2.24. The molecule has 0 unspecified atom stereocenters. The highest BCUT2D eigenvalue weighted by atomic mass is 16.5. The molecule has 2 rings (SSSR count). The van der Waals surface area contributed by atoms with Gasteiger partial charge in [-0.25, -0.2) is 4.79 Å². The number of rotatable bonds is 9. The Hall–Kier alpha value is -2.90. The van der Waals surface area contributed by atoms with Gasteiger partial charge in [0.15, 0.2) is 6.61 Å². The molecule has 1 aliphatic heterocycles. The van der Waals surface area contributed by atoms with Crippen molar-refractivity contribution in [2.45, 2.75) is 58.4 Å². The minimum atomic E-state index is -0.976. The van der Waals surface area contributed by atoms with Crippen molar-refractivity contribution in [3.8, 4) is 0 Å². The molecule has 29 heavy (non-hydrogen) atoms. The maximum atomic E-state index is 12.5. The number of benzene rings is 1. The number of carbonyl (C=O) groups is 4. The molecule has 0 radical (unpaired) electrons. The van der Waals surface area contributed by atoms with Crippen LogP contribution >= 0.6 is 0 Å². The van der Waals surface area contributed by atoms with Gasteiger partial charge in [-0.2, -0.15) is 0 Å². The Morgan fingerprint density at radius 1 is 1.14 bits per heavy atom. The molecule has 1 aromatic carbocycles. The van der Waals surface area contributed by atoms with Crippen LogP contribution in [0.4, 0.5) is 10.5 Å². The van der Waals surface area contributed by atoms with Crippen molar-refractivity contribution in [1.29, 1.82) is 0 Å². The zero-order chi connectivity index (χ0) is 21.6. The normalized spacial score (nSPS) is 16.3. The first kappa shape index (κ1) is 22.4. The van der Waals surface area contributed by atoms with Crippen LogP contribution < -0.4 is 10.6 Å². The van der Waals surface area contributed by atoms with Crippen LogP contribution in [0, 0.1) is 0 Å². The van der Waals surface area contributed by atoms with Gasteiger partial charge in [0, 0.05) is 5.69 Å². The van der Waals surface area contributed by atoms with E-state index in [1.807, 2.05) is 12.1 Å². The fourth-order valence-electron chi connectivity index (χ4n) is 3.20. The Labute approximate surface area is 171 Å². The quantitative estimate of drug-likeness (QED) is 0.487. The molecule has 2 N–H and O–H groups in total. The average molecular weight is 403 g/mol. The van der Waals surface area contributed by atoms with E-state index < -0.39 is 42.5 Å². The molecule has 4 amide bonds. The van der Waals surface area contributed by atoms with Gasteiger partial charge >= 0.3 is 12.0 Å². The standard InChI is InChI=1S/C21H29N3O5/c1-5-14(4)15-8-10-16(11-9-15)22-17(25)13-29-18(26)12-24-19(27)21(6-2,7-3)23-20(24)28/h8-11,14H,5-7,12-13H2,1-4H3,(H,22,25)(H,23,28)/t14-/m0/s1. The Bertz CT molecular complexity index is 771. The number of nitrogens with one attached hydrogen (secondary N) is 2. The summed E-state index contributed by atoms with van der Waals surface area (Å²) in [5.41, 5.74) is 0.805. The van der Waals surface area contributed by atoms with E-state index in [9.17, 15) is 19.2 Å². The molecule has 1 saturated heterocycles. The maximum Gasteiger partial charge on any atom is 0.326 e. The molecule has 1 atom stereocenters. The molecule has 1 aliphatic rings. The summed E-state index contributed by atoms with van der Waals surface area (Å²) >= 11 is 0. The first-order chi connectivity index (χ1) is 13.8. The Balaban J connectivity index is 1.84. The van der Waals surface area contributed by atoms with E-state index >= 15 is 0 Å². The van der Waals surface area contributed by atoms with Gasteiger partial charge in [0.1, 0.15) is 12.1 Å². The van der Waals surface area contributed by atoms with E-state index in [1.54, 1.807) is 26.0 Å². The summed E-state index contributed by atoms with van der Waals surface area (Å²) in [6.45, 7) is 6.81. The SMILES string of the molecule is CC[C@H](C)c1ccc(NC(=O)COC(=O)CN2C(=O)NC(CC)(CC)C2=O)cc1. The molecule has 1 heterocycles. The van der Waals surface area contributed by atoms with Crippen LogP contribution in [0.3, 0.4) is 0 Å². The predicted molar refractivity (Wildman–Crippen MR) is 108 cm³/mol. The number of ether oxygens (including phenoxy) is 1. The van der Waals surface area contributed by atoms with E-state index in [4.69, 9.17) is 4.74 Å². The van der Waals surface area contributed by atoms with Gasteiger partial charge < -0.3 is 15.4 Å². The molecular formula is C21H29N3O5. The van der Waals surface area contributed by atoms with E-state index in [2.05, 4.69) is 24.5 Å². The smallest absolute Gasteiger partial charge is 0.326 e. The molecule has 0 aromatic heterocycles. The van der Waals surface area contributed by atoms with Gasteiger partial charge in [-0.15, -0.1) is 0 Å². The van der Waals surface area contributed by atoms with Crippen LogP contribution in [0.2, 0.25) is 0 Å². The molecular weight excluding hydrogens is 374 g/mol. The second kappa shape index (κ2) is 9.54. The van der Waals surface area contributed by atoms with Crippen molar-refractivity contribution in [2.24, 2.45) is 0 Å². The second-order valence-electron chi connectivity index (χ2n) is 7.25. The van der Waals surface area contributed by atoms with E-state index in [-0.39, 0.29) is 0 Å². The fraction of sp³-hybridized carbons (Fsp3) is 0.524. The van der Waals surface area contributed by atoms with Crippen LogP contribution in [-0.4, -0.2) is 47.4 Å². The highest BCUT2D eigenvalue weighted by Gasteiger charge is 2.49. The van der Waals surface area contributed by atoms with Crippen molar-refractivity contribution in [3.05, 3.63) is 29.8 Å². The third kappa shape index (κ3) is 5.13. The summed E-state index contributed by atoms with van der Waals surface area (Å²) in [6.07, 6.45) is 1.88. The lowest BCUT2D eigenvalue weighted by Gasteiger charge is -2.22. The molecule has 8 nitrogen and oxygen atoms in total. The summed E-state index contributed by atoms with van der Waals surface area (Å²) in [5, 5.41) is 5.28. The molecule has 8 heteroatoms. The molecule has 158 valence electrons. The number of urea groups is 1. The van der Waals surface area contributed by atoms with Crippen LogP contribution in [0.25, 0.3) is 0 Å². The lowest BCUT2D eigenvalue weighted by atomic mass is 9.93. The molecule has 1 aromatic rings. The lowest BCUT2D eigenvalue weighted by Crippen LogP contribution is -2.46. The van der Waals surface area contributed by atoms with Crippen molar-refractivity contribution >= 4 is 29.5 Å². The molecule has 0 saturated carbocycles. The molecule has 0 aliphatic carbocycles. The molecule has 0 bridgehead atoms. The zero-order valence-corrected chi connectivity index (χ0v) is 17.4. The van der Waals surface area contributed by atoms with Crippen LogP contribution in [0.1, 0.15) is 58.4 Å². The summed E-state index contributed by atoms with van der Waals surface area (Å²) in [6, 6.07) is 6.86. The Morgan fingerprint density at radius 2 is 1.76 bits per heavy atom. The van der Waals surface area contributed by atoms with E-state index in [1.165, 1.54) is 5.56 Å². The second-order valence-corrected chi connectivity index (χ2v) is 7.25. The number of nitrogens with zero attached hydrogens (tertiary/aromatic N) is 1. The summed E-state index contributed by atoms with van der Waals surface area (Å²) in [5.74, 6) is -1.33. The first-order valence-electron chi connectivity index (χ1n) is 9.95. The Kier molecular flexibility index (Phi) is 7.36. The lowest BCUT2D eigenvalue weighted by molar-refractivity contribution is -0.150. The number of hydrogen-bond acceptors (Lipinski definition) is 5. The first-order valence-corrected chi connectivity index (χ1v) is 9.95. The highest BCUT2D eigenvalue weighted by molar-refractivity contribution is 6.08. The number of anilines is 1. The third-order valence-electron chi connectivity index (χ3n) is 5.48. The number of carbonyl (C=O) groups excluding carboxylic acids is 4. The van der Waals surface area contributed by atoms with Crippen molar-refractivity contribution < 1.29 is 23.9 Å².